The molecular formula is C23H26F3N5O4S. The Balaban J connectivity index is 1.59. The molecule has 0 radical (unpaired) electrons. The van der Waals surface area contributed by atoms with Gasteiger partial charge in [-0.25, -0.2) is 18.4 Å². The maximum Gasteiger partial charge on any atom is 0.416 e. The number of hydrogen-bond acceptors (Lipinski definition) is 7. The van der Waals surface area contributed by atoms with Gasteiger partial charge in [-0.1, -0.05) is 0 Å². The van der Waals surface area contributed by atoms with Gasteiger partial charge in [-0.15, -0.1) is 0 Å². The number of benzene rings is 1. The normalized spacial score (nSPS) is 16.0. The van der Waals surface area contributed by atoms with Crippen molar-refractivity contribution in [3.8, 4) is 5.75 Å². The molecule has 1 atom stereocenters. The van der Waals surface area contributed by atoms with Gasteiger partial charge in [0.2, 0.25) is 5.91 Å². The minimum absolute atomic E-state index is 0.00405. The lowest BCUT2D eigenvalue weighted by Gasteiger charge is -2.22. The molecule has 36 heavy (non-hydrogen) atoms. The number of carbonyl (C=O) groups excluding carboxylic acids is 1. The number of rotatable bonds is 8. The Kier molecular flexibility index (Phi) is 7.12. The van der Waals surface area contributed by atoms with Gasteiger partial charge in [-0.05, 0) is 49.4 Å². The van der Waals surface area contributed by atoms with Crippen LogP contribution < -0.4 is 15.4 Å². The van der Waals surface area contributed by atoms with Gasteiger partial charge in [0.25, 0.3) is 0 Å². The Morgan fingerprint density at radius 2 is 2.06 bits per heavy atom. The van der Waals surface area contributed by atoms with Crippen LogP contribution >= 0.6 is 0 Å². The molecule has 0 aliphatic heterocycles. The van der Waals surface area contributed by atoms with Crippen LogP contribution in [0.5, 0.6) is 5.75 Å². The number of halogens is 3. The third kappa shape index (κ3) is 5.72. The number of aromatic amines is 1. The van der Waals surface area contributed by atoms with E-state index >= 15 is 0 Å². The molecule has 0 bridgehead atoms. The van der Waals surface area contributed by atoms with Gasteiger partial charge in [-0.2, -0.15) is 13.2 Å². The van der Waals surface area contributed by atoms with Crippen LogP contribution in [-0.4, -0.2) is 54.9 Å². The van der Waals surface area contributed by atoms with Crippen molar-refractivity contribution in [3.05, 3.63) is 41.3 Å². The van der Waals surface area contributed by atoms with Gasteiger partial charge in [0.05, 0.1) is 29.5 Å². The van der Waals surface area contributed by atoms with Crippen molar-refractivity contribution in [1.29, 1.82) is 0 Å². The number of anilines is 2. The van der Waals surface area contributed by atoms with Crippen LogP contribution in [0.15, 0.2) is 24.5 Å². The molecule has 0 saturated carbocycles. The van der Waals surface area contributed by atoms with Gasteiger partial charge in [0.15, 0.2) is 0 Å². The van der Waals surface area contributed by atoms with Crippen LogP contribution in [0.3, 0.4) is 0 Å². The second-order valence-electron chi connectivity index (χ2n) is 8.78. The molecule has 0 spiro atoms. The van der Waals surface area contributed by atoms with E-state index in [1.54, 1.807) is 0 Å². The fourth-order valence-electron chi connectivity index (χ4n) is 4.36. The summed E-state index contributed by atoms with van der Waals surface area (Å²) in [6.45, 7) is 0.258. The first-order valence-electron chi connectivity index (χ1n) is 11.3. The predicted octanol–water partition coefficient (Wildman–Crippen LogP) is 3.38. The second-order valence-corrected chi connectivity index (χ2v) is 11.0. The van der Waals surface area contributed by atoms with E-state index in [-0.39, 0.29) is 35.6 Å². The summed E-state index contributed by atoms with van der Waals surface area (Å²) >= 11 is 0. The number of carbonyl (C=O) groups is 1. The Morgan fingerprint density at radius 3 is 2.75 bits per heavy atom. The number of methoxy groups -OCH3 is 1. The first-order valence-corrected chi connectivity index (χ1v) is 13.3. The predicted molar refractivity (Wildman–Crippen MR) is 128 cm³/mol. The fourth-order valence-corrected chi connectivity index (χ4v) is 5.03. The van der Waals surface area contributed by atoms with E-state index in [0.29, 0.717) is 42.5 Å². The van der Waals surface area contributed by atoms with E-state index in [0.717, 1.165) is 29.6 Å². The van der Waals surface area contributed by atoms with Crippen LogP contribution in [0.4, 0.5) is 24.7 Å². The first-order chi connectivity index (χ1) is 17.0. The third-order valence-electron chi connectivity index (χ3n) is 6.12. The molecular weight excluding hydrogens is 499 g/mol. The van der Waals surface area contributed by atoms with Crippen molar-refractivity contribution in [1.82, 2.24) is 20.3 Å². The molecule has 2 heterocycles. The Morgan fingerprint density at radius 1 is 1.28 bits per heavy atom. The molecule has 194 valence electrons. The number of alkyl halides is 3. The molecule has 4 rings (SSSR count). The molecule has 3 N–H and O–H groups in total. The fraction of sp³-hybridized carbons (Fsp3) is 0.435. The van der Waals surface area contributed by atoms with Gasteiger partial charge >= 0.3 is 6.18 Å². The SMILES string of the molecule is COc1ccc(C(F)(F)F)cc1Nc1ncnc2[nH]c3c(c12)CC(C(=O)NCCCS(C)(=O)=O)CC3. The quantitative estimate of drug-likeness (QED) is 0.385. The summed E-state index contributed by atoms with van der Waals surface area (Å²) in [5.41, 5.74) is 1.49. The van der Waals surface area contributed by atoms with E-state index in [1.807, 2.05) is 0 Å². The highest BCUT2D eigenvalue weighted by Crippen LogP contribution is 2.39. The lowest BCUT2D eigenvalue weighted by atomic mass is 9.86. The third-order valence-corrected chi connectivity index (χ3v) is 7.15. The van der Waals surface area contributed by atoms with Crippen molar-refractivity contribution in [2.75, 3.05) is 31.0 Å². The molecule has 2 aromatic heterocycles. The van der Waals surface area contributed by atoms with Crippen molar-refractivity contribution in [2.24, 2.45) is 5.92 Å². The molecule has 13 heteroatoms. The van der Waals surface area contributed by atoms with Crippen LogP contribution in [0.25, 0.3) is 11.0 Å². The summed E-state index contributed by atoms with van der Waals surface area (Å²) in [6.07, 6.45) is -0.186. The Labute approximate surface area is 205 Å². The van der Waals surface area contributed by atoms with E-state index in [1.165, 1.54) is 19.5 Å². The van der Waals surface area contributed by atoms with E-state index in [9.17, 15) is 26.4 Å². The monoisotopic (exact) mass is 525 g/mol. The number of hydrogen-bond donors (Lipinski definition) is 3. The summed E-state index contributed by atoms with van der Waals surface area (Å²) in [7, 11) is -1.74. The highest BCUT2D eigenvalue weighted by Gasteiger charge is 2.32. The molecule has 1 aromatic carbocycles. The highest BCUT2D eigenvalue weighted by atomic mass is 32.2. The number of aromatic nitrogens is 3. The van der Waals surface area contributed by atoms with Gasteiger partial charge in [-0.3, -0.25) is 4.79 Å². The first kappa shape index (κ1) is 25.7. The van der Waals surface area contributed by atoms with Crippen molar-refractivity contribution in [2.45, 2.75) is 31.9 Å². The smallest absolute Gasteiger partial charge is 0.416 e. The van der Waals surface area contributed by atoms with Gasteiger partial charge in [0, 0.05) is 24.4 Å². The highest BCUT2D eigenvalue weighted by molar-refractivity contribution is 7.90. The molecule has 1 amide bonds. The van der Waals surface area contributed by atoms with Crippen LogP contribution in [-0.2, 0) is 33.6 Å². The average Bonchev–Trinajstić information content (AvgIpc) is 3.19. The van der Waals surface area contributed by atoms with Crippen molar-refractivity contribution in [3.63, 3.8) is 0 Å². The number of aryl methyl sites for hydroxylation is 1. The molecule has 9 nitrogen and oxygen atoms in total. The number of fused-ring (bicyclic) bond motifs is 3. The number of ether oxygens (including phenoxy) is 1. The lowest BCUT2D eigenvalue weighted by molar-refractivity contribution is -0.137. The average molecular weight is 526 g/mol. The molecule has 3 aromatic rings. The largest absolute Gasteiger partial charge is 0.495 e. The maximum absolute atomic E-state index is 13.3. The minimum atomic E-state index is -4.53. The number of H-pyrrole nitrogens is 1. The number of nitrogens with one attached hydrogen (secondary N) is 3. The molecule has 0 saturated heterocycles. The summed E-state index contributed by atoms with van der Waals surface area (Å²) in [4.78, 5) is 24.5. The summed E-state index contributed by atoms with van der Waals surface area (Å²) in [6, 6.07) is 3.13. The van der Waals surface area contributed by atoms with Gasteiger partial charge in [0.1, 0.15) is 33.4 Å². The topological polar surface area (TPSA) is 126 Å². The summed E-state index contributed by atoms with van der Waals surface area (Å²) in [5, 5.41) is 6.36. The molecule has 1 aliphatic carbocycles. The van der Waals surface area contributed by atoms with Crippen LogP contribution in [0, 0.1) is 5.92 Å². The molecule has 0 fully saturated rings. The summed E-state index contributed by atoms with van der Waals surface area (Å²) < 4.78 is 67.7. The zero-order valence-corrected chi connectivity index (χ0v) is 20.5. The standard InChI is InChI=1S/C23H26F3N5O4S/c1-35-18-7-5-14(23(24,25)26)11-17(18)31-21-19-15-10-13(22(32)27-8-3-9-36(2,33)34)4-6-16(15)30-20(19)28-12-29-21/h5,7,11-13H,3-4,6,8-10H2,1-2H3,(H,27,32)(H2,28,29,30,31). The van der Waals surface area contributed by atoms with Crippen LogP contribution in [0.1, 0.15) is 29.7 Å². The zero-order chi connectivity index (χ0) is 26.1. The van der Waals surface area contributed by atoms with Crippen molar-refractivity contribution >= 4 is 38.3 Å². The van der Waals surface area contributed by atoms with Crippen LogP contribution in [0.2, 0.25) is 0 Å². The maximum atomic E-state index is 13.3. The number of sulfone groups is 1. The summed E-state index contributed by atoms with van der Waals surface area (Å²) in [5.74, 6) is -0.00856. The van der Waals surface area contributed by atoms with Crippen molar-refractivity contribution < 1.29 is 31.1 Å². The van der Waals surface area contributed by atoms with E-state index in [2.05, 4.69) is 25.6 Å². The zero-order valence-electron chi connectivity index (χ0n) is 19.7. The Hall–Kier alpha value is -3.35. The molecule has 1 unspecified atom stereocenters. The lowest BCUT2D eigenvalue weighted by Crippen LogP contribution is -2.35. The van der Waals surface area contributed by atoms with E-state index in [4.69, 9.17) is 4.74 Å². The number of amides is 1. The van der Waals surface area contributed by atoms with E-state index < -0.39 is 21.6 Å². The van der Waals surface area contributed by atoms with Gasteiger partial charge < -0.3 is 20.4 Å². The number of nitrogens with zero attached hydrogens (tertiary/aromatic N) is 2. The molecule has 1 aliphatic rings. The minimum Gasteiger partial charge on any atom is -0.495 e. The second kappa shape index (κ2) is 9.96. The Bertz CT molecular complexity index is 1390.